The predicted octanol–water partition coefficient (Wildman–Crippen LogP) is 4.93. The van der Waals surface area contributed by atoms with E-state index in [0.29, 0.717) is 6.54 Å². The van der Waals surface area contributed by atoms with Crippen LogP contribution in [0.15, 0.2) is 57.0 Å². The molecular weight excluding hydrogens is 268 g/mol. The number of rotatable bonds is 1. The normalized spacial score (nSPS) is 26.3. The number of aliphatic imine (C=N–C) groups is 2. The molecule has 22 heavy (non-hydrogen) atoms. The van der Waals surface area contributed by atoms with E-state index < -0.39 is 0 Å². The van der Waals surface area contributed by atoms with E-state index in [1.54, 1.807) is 0 Å². The summed E-state index contributed by atoms with van der Waals surface area (Å²) in [6, 6.07) is 8.64. The van der Waals surface area contributed by atoms with Gasteiger partial charge in [0.25, 0.3) is 0 Å². The Bertz CT molecular complexity index is 655. The molecule has 1 aliphatic rings. The van der Waals surface area contributed by atoms with Gasteiger partial charge in [-0.3, -0.25) is 9.98 Å². The van der Waals surface area contributed by atoms with E-state index in [4.69, 9.17) is 4.99 Å². The third-order valence-corrected chi connectivity index (χ3v) is 4.44. The van der Waals surface area contributed by atoms with Crippen molar-refractivity contribution in [2.75, 3.05) is 13.6 Å². The molecule has 1 aromatic rings. The first kappa shape index (κ1) is 16.4. The lowest BCUT2D eigenvalue weighted by Crippen LogP contribution is -2.10. The van der Waals surface area contributed by atoms with Crippen LogP contribution in [-0.2, 0) is 0 Å². The molecule has 0 amide bonds. The smallest absolute Gasteiger partial charge is 0.0775 e. The molecule has 2 nitrogen and oxygen atoms in total. The highest BCUT2D eigenvalue weighted by Crippen LogP contribution is 2.24. The maximum atomic E-state index is 4.92. The molecule has 0 radical (unpaired) electrons. The van der Waals surface area contributed by atoms with Gasteiger partial charge >= 0.3 is 0 Å². The molecule has 0 spiro atoms. The molecule has 0 aliphatic carbocycles. The number of allylic oxidation sites excluding steroid dienone is 4. The van der Waals surface area contributed by atoms with Crippen LogP contribution in [-0.4, -0.2) is 25.0 Å². The average Bonchev–Trinajstić information content (AvgIpc) is 2.58. The van der Waals surface area contributed by atoms with Gasteiger partial charge in [-0.2, -0.15) is 0 Å². The summed E-state index contributed by atoms with van der Waals surface area (Å²) in [4.78, 5) is 9.33. The largest absolute Gasteiger partial charge is 0.295 e. The Kier molecular flexibility index (Phi) is 5.48. The van der Waals surface area contributed by atoms with Crippen molar-refractivity contribution in [1.82, 2.24) is 0 Å². The minimum atomic E-state index is 0.692. The molecular formula is C20H26N2. The van der Waals surface area contributed by atoms with Gasteiger partial charge in [-0.1, -0.05) is 41.5 Å². The Hall–Kier alpha value is -1.96. The molecule has 1 heterocycles. The first-order valence-corrected chi connectivity index (χ1v) is 7.96. The fourth-order valence-electron chi connectivity index (χ4n) is 2.76. The van der Waals surface area contributed by atoms with Crippen LogP contribution >= 0.6 is 0 Å². The fourth-order valence-corrected chi connectivity index (χ4v) is 2.76. The molecule has 0 bridgehead atoms. The minimum absolute atomic E-state index is 0.692. The van der Waals surface area contributed by atoms with Crippen molar-refractivity contribution >= 4 is 11.4 Å². The van der Waals surface area contributed by atoms with Crippen molar-refractivity contribution in [3.63, 3.8) is 0 Å². The third-order valence-electron chi connectivity index (χ3n) is 4.44. The lowest BCUT2D eigenvalue weighted by Gasteiger charge is -2.14. The monoisotopic (exact) mass is 294 g/mol. The maximum Gasteiger partial charge on any atom is 0.0775 e. The molecule has 0 fully saturated rings. The van der Waals surface area contributed by atoms with Crippen molar-refractivity contribution in [2.45, 2.75) is 40.5 Å². The van der Waals surface area contributed by atoms with Gasteiger partial charge in [0, 0.05) is 18.3 Å². The summed E-state index contributed by atoms with van der Waals surface area (Å²) in [7, 11) is 1.87. The van der Waals surface area contributed by atoms with Crippen LogP contribution in [0.2, 0.25) is 0 Å². The third kappa shape index (κ3) is 3.62. The minimum Gasteiger partial charge on any atom is -0.295 e. The van der Waals surface area contributed by atoms with Crippen molar-refractivity contribution in [2.24, 2.45) is 9.98 Å². The van der Waals surface area contributed by atoms with Gasteiger partial charge in [0.1, 0.15) is 0 Å². The summed E-state index contributed by atoms with van der Waals surface area (Å²) >= 11 is 0. The van der Waals surface area contributed by atoms with Gasteiger partial charge in [0.2, 0.25) is 0 Å². The Labute approximate surface area is 134 Å². The highest BCUT2D eigenvalue weighted by atomic mass is 14.8. The van der Waals surface area contributed by atoms with Gasteiger partial charge in [0.15, 0.2) is 0 Å². The molecule has 2 heteroatoms. The van der Waals surface area contributed by atoms with Crippen molar-refractivity contribution in [1.29, 1.82) is 0 Å². The van der Waals surface area contributed by atoms with Crippen LogP contribution in [0.1, 0.15) is 44.7 Å². The molecule has 1 aliphatic heterocycles. The van der Waals surface area contributed by atoms with E-state index in [0.717, 1.165) is 18.6 Å². The molecule has 0 atom stereocenters. The van der Waals surface area contributed by atoms with Gasteiger partial charge in [0.05, 0.1) is 12.3 Å². The second-order valence-electron chi connectivity index (χ2n) is 5.93. The topological polar surface area (TPSA) is 24.7 Å². The van der Waals surface area contributed by atoms with E-state index in [1.807, 2.05) is 7.05 Å². The Morgan fingerprint density at radius 3 is 2.32 bits per heavy atom. The summed E-state index contributed by atoms with van der Waals surface area (Å²) in [5.41, 5.74) is 8.74. The number of aryl methyl sites for hydroxylation is 1. The summed E-state index contributed by atoms with van der Waals surface area (Å²) < 4.78 is 0. The lowest BCUT2D eigenvalue weighted by molar-refractivity contribution is 0.975. The number of benzene rings is 1. The van der Waals surface area contributed by atoms with E-state index in [-0.39, 0.29) is 0 Å². The van der Waals surface area contributed by atoms with Crippen LogP contribution in [0.3, 0.4) is 0 Å². The second kappa shape index (κ2) is 7.35. The summed E-state index contributed by atoms with van der Waals surface area (Å²) in [6.45, 7) is 9.34. The number of hydrogen-bond acceptors (Lipinski definition) is 2. The standard InChI is InChI=1S/C20H26N2/c1-6-19-16(4)15(3)9-12-18(21-5)13-22-20(19)17-10-7-14(2)8-11-17/h6-8,10-11H,9,12-13H2,1-5H3/b16-15-,19-6-,21-18+,22-20-. The quantitative estimate of drug-likeness (QED) is 0.701. The van der Waals surface area contributed by atoms with E-state index in [2.05, 4.69) is 63.0 Å². The van der Waals surface area contributed by atoms with E-state index in [9.17, 15) is 0 Å². The average molecular weight is 294 g/mol. The molecule has 0 unspecified atom stereocenters. The number of nitrogens with zero attached hydrogens (tertiary/aromatic N) is 2. The lowest BCUT2D eigenvalue weighted by atomic mass is 9.92. The molecule has 116 valence electrons. The molecule has 0 N–H and O–H groups in total. The Morgan fingerprint density at radius 2 is 1.73 bits per heavy atom. The van der Waals surface area contributed by atoms with Crippen molar-refractivity contribution in [3.8, 4) is 0 Å². The van der Waals surface area contributed by atoms with Crippen LogP contribution in [0.25, 0.3) is 0 Å². The maximum absolute atomic E-state index is 4.92. The number of hydrogen-bond donors (Lipinski definition) is 0. The summed E-state index contributed by atoms with van der Waals surface area (Å²) in [5, 5.41) is 0. The first-order chi connectivity index (χ1) is 10.6. The van der Waals surface area contributed by atoms with E-state index >= 15 is 0 Å². The van der Waals surface area contributed by atoms with E-state index in [1.165, 1.54) is 33.6 Å². The van der Waals surface area contributed by atoms with Gasteiger partial charge in [-0.25, -0.2) is 0 Å². The molecule has 0 saturated carbocycles. The highest BCUT2D eigenvalue weighted by Gasteiger charge is 2.15. The first-order valence-electron chi connectivity index (χ1n) is 7.96. The molecule has 0 aromatic heterocycles. The zero-order chi connectivity index (χ0) is 16.1. The predicted molar refractivity (Wildman–Crippen MR) is 97.3 cm³/mol. The van der Waals surface area contributed by atoms with Gasteiger partial charge in [-0.15, -0.1) is 0 Å². The molecule has 0 saturated heterocycles. The van der Waals surface area contributed by atoms with Crippen molar-refractivity contribution < 1.29 is 0 Å². The van der Waals surface area contributed by atoms with Crippen LogP contribution in [0, 0.1) is 6.92 Å². The van der Waals surface area contributed by atoms with Gasteiger partial charge in [-0.05, 0) is 51.7 Å². The molecule has 2 rings (SSSR count). The molecule has 1 aromatic carbocycles. The van der Waals surface area contributed by atoms with Crippen LogP contribution in [0.4, 0.5) is 0 Å². The summed E-state index contributed by atoms with van der Waals surface area (Å²) in [6.07, 6.45) is 4.25. The zero-order valence-electron chi connectivity index (χ0n) is 14.4. The second-order valence-corrected chi connectivity index (χ2v) is 5.93. The Morgan fingerprint density at radius 1 is 1.05 bits per heavy atom. The van der Waals surface area contributed by atoms with Gasteiger partial charge < -0.3 is 0 Å². The van der Waals surface area contributed by atoms with Crippen LogP contribution < -0.4 is 0 Å². The zero-order valence-corrected chi connectivity index (χ0v) is 14.4. The highest BCUT2D eigenvalue weighted by molar-refractivity contribution is 6.16. The fraction of sp³-hybridized carbons (Fsp3) is 0.400. The van der Waals surface area contributed by atoms with Crippen molar-refractivity contribution in [3.05, 3.63) is 58.2 Å². The Balaban J connectivity index is 2.58. The SMILES string of the molecule is C/C=C1C(\c2ccc(C)cc2)=N/C/C(=N/C)CC/C(C)=C\1C. The van der Waals surface area contributed by atoms with Crippen LogP contribution in [0.5, 0.6) is 0 Å². The summed E-state index contributed by atoms with van der Waals surface area (Å²) in [5.74, 6) is 0.